The molecule has 0 saturated carbocycles. The van der Waals surface area contributed by atoms with E-state index in [2.05, 4.69) is 0 Å². The van der Waals surface area contributed by atoms with Crippen LogP contribution in [0.2, 0.25) is 0 Å². The van der Waals surface area contributed by atoms with Crippen molar-refractivity contribution in [3.63, 3.8) is 0 Å². The van der Waals surface area contributed by atoms with Crippen LogP contribution in [0.5, 0.6) is 0 Å². The molecule has 14 heavy (non-hydrogen) atoms. The van der Waals surface area contributed by atoms with Crippen LogP contribution in [0.1, 0.15) is 20.8 Å². The molecule has 0 bridgehead atoms. The van der Waals surface area contributed by atoms with E-state index < -0.39 is 5.97 Å². The zero-order chi connectivity index (χ0) is 10.8. The predicted octanol–water partition coefficient (Wildman–Crippen LogP) is 1.08. The van der Waals surface area contributed by atoms with E-state index in [-0.39, 0.29) is 11.7 Å². The highest BCUT2D eigenvalue weighted by atomic mass is 16.5. The minimum Gasteiger partial charge on any atom is -0.478 e. The van der Waals surface area contributed by atoms with Crippen LogP contribution in [0.3, 0.4) is 0 Å². The van der Waals surface area contributed by atoms with Crippen LogP contribution in [-0.2, 0) is 9.53 Å². The van der Waals surface area contributed by atoms with Crippen molar-refractivity contribution in [1.82, 2.24) is 4.90 Å². The van der Waals surface area contributed by atoms with Crippen LogP contribution in [0.4, 0.5) is 0 Å². The van der Waals surface area contributed by atoms with Gasteiger partial charge in [0.1, 0.15) is 0 Å². The Morgan fingerprint density at radius 2 is 2.29 bits per heavy atom. The molecule has 1 unspecified atom stereocenters. The molecule has 80 valence electrons. The number of aliphatic carboxylic acids is 1. The molecule has 4 heteroatoms. The molecule has 1 fully saturated rings. The van der Waals surface area contributed by atoms with E-state index in [4.69, 9.17) is 9.84 Å². The van der Waals surface area contributed by atoms with Gasteiger partial charge in [-0.05, 0) is 20.8 Å². The highest BCUT2D eigenvalue weighted by molar-refractivity contribution is 5.79. The summed E-state index contributed by atoms with van der Waals surface area (Å²) in [5, 5.41) is 8.50. The van der Waals surface area contributed by atoms with Crippen LogP contribution in [0.25, 0.3) is 0 Å². The summed E-state index contributed by atoms with van der Waals surface area (Å²) in [6.07, 6.45) is 2.91. The lowest BCUT2D eigenvalue weighted by Gasteiger charge is -2.41. The molecule has 0 aliphatic carbocycles. The molecule has 1 atom stereocenters. The maximum Gasteiger partial charge on any atom is 0.329 e. The first-order valence-corrected chi connectivity index (χ1v) is 4.72. The van der Waals surface area contributed by atoms with Gasteiger partial charge in [0.25, 0.3) is 0 Å². The lowest BCUT2D eigenvalue weighted by Crippen LogP contribution is -2.49. The van der Waals surface area contributed by atoms with Crippen LogP contribution < -0.4 is 0 Å². The number of ether oxygens (including phenoxy) is 1. The summed E-state index contributed by atoms with van der Waals surface area (Å²) in [5.41, 5.74) is -0.208. The van der Waals surface area contributed by atoms with Crippen molar-refractivity contribution in [3.8, 4) is 0 Å². The molecule has 0 radical (unpaired) electrons. The van der Waals surface area contributed by atoms with Gasteiger partial charge in [0.2, 0.25) is 0 Å². The Bertz CT molecular complexity index is 248. The average Bonchev–Trinajstić information content (AvgIpc) is 1.96. The summed E-state index contributed by atoms with van der Waals surface area (Å²) in [4.78, 5) is 12.3. The number of nitrogens with zero attached hydrogens (tertiary/aromatic N) is 1. The van der Waals surface area contributed by atoms with E-state index in [0.29, 0.717) is 0 Å². The summed E-state index contributed by atoms with van der Waals surface area (Å²) in [6.45, 7) is 7.46. The van der Waals surface area contributed by atoms with E-state index >= 15 is 0 Å². The maximum atomic E-state index is 10.3. The third-order valence-electron chi connectivity index (χ3n) is 2.02. The molecule has 1 N–H and O–H groups in total. The summed E-state index contributed by atoms with van der Waals surface area (Å²) in [7, 11) is 0. The largest absolute Gasteiger partial charge is 0.478 e. The number of carboxylic acid groups (broad SMARTS) is 1. The normalized spacial score (nSPS) is 26.8. The molecule has 1 aliphatic heterocycles. The van der Waals surface area contributed by atoms with Crippen molar-refractivity contribution in [1.29, 1.82) is 0 Å². The molecule has 0 aromatic heterocycles. The Kier molecular flexibility index (Phi) is 3.16. The quantitative estimate of drug-likeness (QED) is 0.676. The molecule has 0 amide bonds. The highest BCUT2D eigenvalue weighted by Crippen LogP contribution is 2.20. The number of hydrogen-bond acceptors (Lipinski definition) is 3. The molecule has 1 saturated heterocycles. The zero-order valence-corrected chi connectivity index (χ0v) is 8.86. The standard InChI is InChI=1S/C10H17NO3/c1-8-6-11(5-4-9(12)13)7-10(2,3)14-8/h4-5,8H,6-7H2,1-3H3,(H,12,13). The molecule has 4 nitrogen and oxygen atoms in total. The van der Waals surface area contributed by atoms with Gasteiger partial charge >= 0.3 is 5.97 Å². The minimum absolute atomic E-state index is 0.136. The maximum absolute atomic E-state index is 10.3. The summed E-state index contributed by atoms with van der Waals surface area (Å²) >= 11 is 0. The van der Waals surface area contributed by atoms with E-state index in [1.54, 1.807) is 6.20 Å². The van der Waals surface area contributed by atoms with Gasteiger partial charge < -0.3 is 14.7 Å². The van der Waals surface area contributed by atoms with Crippen LogP contribution in [0, 0.1) is 0 Å². The van der Waals surface area contributed by atoms with Gasteiger partial charge in [0.05, 0.1) is 11.7 Å². The topological polar surface area (TPSA) is 49.8 Å². The second-order valence-corrected chi connectivity index (χ2v) is 4.27. The monoisotopic (exact) mass is 199 g/mol. The Morgan fingerprint density at radius 3 is 2.79 bits per heavy atom. The van der Waals surface area contributed by atoms with Gasteiger partial charge in [-0.1, -0.05) is 0 Å². The lowest BCUT2D eigenvalue weighted by atomic mass is 10.1. The van der Waals surface area contributed by atoms with Gasteiger partial charge in [0.15, 0.2) is 0 Å². The van der Waals surface area contributed by atoms with Crippen molar-refractivity contribution in [3.05, 3.63) is 12.3 Å². The molecule has 1 heterocycles. The molecular weight excluding hydrogens is 182 g/mol. The average molecular weight is 199 g/mol. The van der Waals surface area contributed by atoms with Crippen LogP contribution >= 0.6 is 0 Å². The fourth-order valence-corrected chi connectivity index (χ4v) is 1.79. The van der Waals surface area contributed by atoms with Crippen molar-refractivity contribution in [2.24, 2.45) is 0 Å². The third kappa shape index (κ3) is 3.38. The SMILES string of the molecule is CC1CN(C=CC(=O)O)CC(C)(C)O1. The van der Waals surface area contributed by atoms with E-state index in [9.17, 15) is 4.79 Å². The minimum atomic E-state index is -0.915. The second kappa shape index (κ2) is 4.00. The van der Waals surface area contributed by atoms with Crippen molar-refractivity contribution >= 4 is 5.97 Å². The van der Waals surface area contributed by atoms with Crippen molar-refractivity contribution in [2.75, 3.05) is 13.1 Å². The van der Waals surface area contributed by atoms with Gasteiger partial charge in [0, 0.05) is 25.4 Å². The number of carbonyl (C=O) groups is 1. The molecule has 0 aromatic carbocycles. The third-order valence-corrected chi connectivity index (χ3v) is 2.02. The number of morpholine rings is 1. The Balaban J connectivity index is 2.58. The Morgan fingerprint density at radius 1 is 1.64 bits per heavy atom. The summed E-state index contributed by atoms with van der Waals surface area (Å²) in [5.74, 6) is -0.915. The van der Waals surface area contributed by atoms with Crippen LogP contribution in [0.15, 0.2) is 12.3 Å². The summed E-state index contributed by atoms with van der Waals surface area (Å²) < 4.78 is 5.69. The number of carboxylic acids is 1. The highest BCUT2D eigenvalue weighted by Gasteiger charge is 2.29. The number of rotatable bonds is 2. The van der Waals surface area contributed by atoms with E-state index in [1.165, 1.54) is 0 Å². The molecule has 0 aromatic rings. The van der Waals surface area contributed by atoms with Crippen molar-refractivity contribution < 1.29 is 14.6 Å². The first-order chi connectivity index (χ1) is 6.39. The van der Waals surface area contributed by atoms with Gasteiger partial charge in [-0.15, -0.1) is 0 Å². The first-order valence-electron chi connectivity index (χ1n) is 4.72. The lowest BCUT2D eigenvalue weighted by molar-refractivity contribution is -0.132. The van der Waals surface area contributed by atoms with Gasteiger partial charge in [-0.2, -0.15) is 0 Å². The molecular formula is C10H17NO3. The first kappa shape index (κ1) is 11.0. The van der Waals surface area contributed by atoms with E-state index in [1.807, 2.05) is 25.7 Å². The number of hydrogen-bond donors (Lipinski definition) is 1. The van der Waals surface area contributed by atoms with Gasteiger partial charge in [-0.3, -0.25) is 0 Å². The smallest absolute Gasteiger partial charge is 0.329 e. The molecule has 1 rings (SSSR count). The summed E-state index contributed by atoms with van der Waals surface area (Å²) in [6, 6.07) is 0. The van der Waals surface area contributed by atoms with Gasteiger partial charge in [-0.25, -0.2) is 4.79 Å². The second-order valence-electron chi connectivity index (χ2n) is 4.27. The van der Waals surface area contributed by atoms with Crippen molar-refractivity contribution in [2.45, 2.75) is 32.5 Å². The molecule has 0 spiro atoms. The van der Waals surface area contributed by atoms with E-state index in [0.717, 1.165) is 19.2 Å². The predicted molar refractivity (Wildman–Crippen MR) is 53.0 cm³/mol. The fraction of sp³-hybridized carbons (Fsp3) is 0.700. The van der Waals surface area contributed by atoms with Crippen LogP contribution in [-0.4, -0.2) is 40.8 Å². The Labute approximate surface area is 84.2 Å². The zero-order valence-electron chi connectivity index (χ0n) is 8.86. The fourth-order valence-electron chi connectivity index (χ4n) is 1.79. The molecule has 1 aliphatic rings. The Hall–Kier alpha value is -1.03.